The van der Waals surface area contributed by atoms with Gasteiger partial charge >= 0.3 is 0 Å². The maximum absolute atomic E-state index is 12.4. The van der Waals surface area contributed by atoms with E-state index in [1.165, 1.54) is 0 Å². The van der Waals surface area contributed by atoms with Crippen LogP contribution in [0.1, 0.15) is 24.5 Å². The Hall–Kier alpha value is -1.56. The Morgan fingerprint density at radius 1 is 1.33 bits per heavy atom. The number of hydrogen-bond acceptors (Lipinski definition) is 3. The van der Waals surface area contributed by atoms with Crippen LogP contribution >= 0.6 is 23.2 Å². The topological polar surface area (TPSA) is 47.4 Å². The Kier molecular flexibility index (Phi) is 5.76. The molecule has 0 bridgehead atoms. The van der Waals surface area contributed by atoms with Gasteiger partial charge in [-0.25, -0.2) is 4.98 Å². The number of carbonyl (C=O) groups is 1. The highest BCUT2D eigenvalue weighted by Crippen LogP contribution is 2.29. The smallest absolute Gasteiger partial charge is 0.222 e. The third kappa shape index (κ3) is 4.29. The standard InChI is InChI=1S/C17H19Cl2N3O2/c18-14-4-3-13(10-15(14)19)16-11-22(8-9-24-16)17(23)2-1-6-21-7-5-20-12-21/h3-5,7,10,12,16H,1-2,6,8-9,11H2/t16-/m1/s1. The highest BCUT2D eigenvalue weighted by Gasteiger charge is 2.25. The molecule has 2 heterocycles. The molecule has 3 rings (SSSR count). The minimum absolute atomic E-state index is 0.156. The first-order valence-electron chi connectivity index (χ1n) is 7.93. The molecule has 1 aromatic carbocycles. The van der Waals surface area contributed by atoms with Crippen molar-refractivity contribution < 1.29 is 9.53 Å². The van der Waals surface area contributed by atoms with Gasteiger partial charge in [0.2, 0.25) is 5.91 Å². The molecular weight excluding hydrogens is 349 g/mol. The predicted molar refractivity (Wildman–Crippen MR) is 93.2 cm³/mol. The molecule has 24 heavy (non-hydrogen) atoms. The van der Waals surface area contributed by atoms with Gasteiger partial charge in [0.15, 0.2) is 0 Å². The Balaban J connectivity index is 1.54. The fraction of sp³-hybridized carbons (Fsp3) is 0.412. The largest absolute Gasteiger partial charge is 0.370 e. The molecule has 0 aliphatic carbocycles. The average Bonchev–Trinajstić information content (AvgIpc) is 3.11. The van der Waals surface area contributed by atoms with E-state index in [0.29, 0.717) is 36.2 Å². The normalized spacial score (nSPS) is 17.9. The van der Waals surface area contributed by atoms with Crippen LogP contribution in [0.4, 0.5) is 0 Å². The number of rotatable bonds is 5. The Labute approximate surface area is 151 Å². The van der Waals surface area contributed by atoms with Gasteiger partial charge in [0, 0.05) is 31.9 Å². The van der Waals surface area contributed by atoms with Gasteiger partial charge < -0.3 is 14.2 Å². The summed E-state index contributed by atoms with van der Waals surface area (Å²) in [6.07, 6.45) is 6.56. The zero-order valence-electron chi connectivity index (χ0n) is 13.2. The summed E-state index contributed by atoms with van der Waals surface area (Å²) < 4.78 is 7.77. The molecule has 1 aliphatic rings. The van der Waals surface area contributed by atoms with E-state index in [1.54, 1.807) is 18.6 Å². The zero-order chi connectivity index (χ0) is 16.9. The first-order chi connectivity index (χ1) is 11.6. The van der Waals surface area contributed by atoms with Crippen molar-refractivity contribution >= 4 is 29.1 Å². The molecule has 1 amide bonds. The van der Waals surface area contributed by atoms with Crippen LogP contribution in [-0.4, -0.2) is 40.1 Å². The lowest BCUT2D eigenvalue weighted by Crippen LogP contribution is -2.42. The maximum atomic E-state index is 12.4. The van der Waals surface area contributed by atoms with Crippen molar-refractivity contribution in [1.29, 1.82) is 0 Å². The Morgan fingerprint density at radius 2 is 2.21 bits per heavy atom. The van der Waals surface area contributed by atoms with Crippen LogP contribution in [-0.2, 0) is 16.1 Å². The molecule has 5 nitrogen and oxygen atoms in total. The molecule has 0 spiro atoms. The molecule has 2 aromatic rings. The van der Waals surface area contributed by atoms with E-state index >= 15 is 0 Å². The number of imidazole rings is 1. The number of carbonyl (C=O) groups excluding carboxylic acids is 1. The van der Waals surface area contributed by atoms with Crippen LogP contribution in [0.15, 0.2) is 36.9 Å². The third-order valence-electron chi connectivity index (χ3n) is 4.10. The van der Waals surface area contributed by atoms with Gasteiger partial charge in [-0.1, -0.05) is 29.3 Å². The Morgan fingerprint density at radius 3 is 2.96 bits per heavy atom. The van der Waals surface area contributed by atoms with E-state index < -0.39 is 0 Å². The summed E-state index contributed by atoms with van der Waals surface area (Å²) in [5.41, 5.74) is 0.945. The van der Waals surface area contributed by atoms with E-state index in [-0.39, 0.29) is 12.0 Å². The second-order valence-electron chi connectivity index (χ2n) is 5.78. The van der Waals surface area contributed by atoms with Crippen LogP contribution in [0, 0.1) is 0 Å². The number of halogens is 2. The summed E-state index contributed by atoms with van der Waals surface area (Å²) in [5, 5.41) is 1.02. The molecular formula is C17H19Cl2N3O2. The highest BCUT2D eigenvalue weighted by molar-refractivity contribution is 6.42. The third-order valence-corrected chi connectivity index (χ3v) is 4.84. The molecule has 128 valence electrons. The first-order valence-corrected chi connectivity index (χ1v) is 8.69. The van der Waals surface area contributed by atoms with Crippen LogP contribution in [0.5, 0.6) is 0 Å². The molecule has 1 fully saturated rings. The first kappa shape index (κ1) is 17.3. The second-order valence-corrected chi connectivity index (χ2v) is 6.59. The van der Waals surface area contributed by atoms with Crippen molar-refractivity contribution in [2.24, 2.45) is 0 Å². The number of aromatic nitrogens is 2. The molecule has 1 saturated heterocycles. The number of aryl methyl sites for hydroxylation is 1. The van der Waals surface area contributed by atoms with Gasteiger partial charge in [0.25, 0.3) is 0 Å². The average molecular weight is 368 g/mol. The predicted octanol–water partition coefficient (Wildman–Crippen LogP) is 3.57. The number of hydrogen-bond donors (Lipinski definition) is 0. The molecule has 1 aromatic heterocycles. The van der Waals surface area contributed by atoms with Crippen molar-refractivity contribution in [3.8, 4) is 0 Å². The summed E-state index contributed by atoms with van der Waals surface area (Å²) in [6, 6.07) is 5.46. The number of benzene rings is 1. The summed E-state index contributed by atoms with van der Waals surface area (Å²) in [4.78, 5) is 18.3. The number of amides is 1. The Bertz CT molecular complexity index is 691. The van der Waals surface area contributed by atoms with Crippen LogP contribution in [0.25, 0.3) is 0 Å². The van der Waals surface area contributed by atoms with Gasteiger partial charge in [-0.05, 0) is 24.1 Å². The maximum Gasteiger partial charge on any atom is 0.222 e. The fourth-order valence-electron chi connectivity index (χ4n) is 2.78. The number of morpholine rings is 1. The lowest BCUT2D eigenvalue weighted by atomic mass is 10.1. The van der Waals surface area contributed by atoms with E-state index in [2.05, 4.69) is 4.98 Å². The SMILES string of the molecule is O=C(CCCn1ccnc1)N1CCO[C@@H](c2ccc(Cl)c(Cl)c2)C1. The highest BCUT2D eigenvalue weighted by atomic mass is 35.5. The summed E-state index contributed by atoms with van der Waals surface area (Å²) in [6.45, 7) is 2.49. The van der Waals surface area contributed by atoms with Crippen molar-refractivity contribution in [2.75, 3.05) is 19.7 Å². The van der Waals surface area contributed by atoms with Crippen molar-refractivity contribution in [3.05, 3.63) is 52.5 Å². The van der Waals surface area contributed by atoms with Gasteiger partial charge in [-0.2, -0.15) is 0 Å². The van der Waals surface area contributed by atoms with Gasteiger partial charge in [0.1, 0.15) is 6.10 Å². The van der Waals surface area contributed by atoms with E-state index in [4.69, 9.17) is 27.9 Å². The molecule has 0 N–H and O–H groups in total. The van der Waals surface area contributed by atoms with Crippen molar-refractivity contribution in [1.82, 2.24) is 14.5 Å². The molecule has 1 aliphatic heterocycles. The molecule has 1 atom stereocenters. The molecule has 0 radical (unpaired) electrons. The summed E-state index contributed by atoms with van der Waals surface area (Å²) >= 11 is 12.0. The number of ether oxygens (including phenoxy) is 1. The van der Waals surface area contributed by atoms with Crippen molar-refractivity contribution in [3.63, 3.8) is 0 Å². The van der Waals surface area contributed by atoms with Crippen LogP contribution in [0.3, 0.4) is 0 Å². The quantitative estimate of drug-likeness (QED) is 0.811. The van der Waals surface area contributed by atoms with Crippen LogP contribution < -0.4 is 0 Å². The van der Waals surface area contributed by atoms with Gasteiger partial charge in [0.05, 0.1) is 29.5 Å². The van der Waals surface area contributed by atoms with Crippen molar-refractivity contribution in [2.45, 2.75) is 25.5 Å². The molecule has 0 saturated carbocycles. The van der Waals surface area contributed by atoms with E-state index in [9.17, 15) is 4.79 Å². The minimum atomic E-state index is -0.161. The molecule has 0 unspecified atom stereocenters. The lowest BCUT2D eigenvalue weighted by molar-refractivity contribution is -0.139. The summed E-state index contributed by atoms with van der Waals surface area (Å²) in [5.74, 6) is 0.156. The minimum Gasteiger partial charge on any atom is -0.370 e. The lowest BCUT2D eigenvalue weighted by Gasteiger charge is -2.33. The monoisotopic (exact) mass is 367 g/mol. The molecule has 7 heteroatoms. The second kappa shape index (κ2) is 8.01. The number of nitrogens with zero attached hydrogens (tertiary/aromatic N) is 3. The fourth-order valence-corrected chi connectivity index (χ4v) is 3.09. The zero-order valence-corrected chi connectivity index (χ0v) is 14.7. The van der Waals surface area contributed by atoms with Gasteiger partial charge in [-0.15, -0.1) is 0 Å². The van der Waals surface area contributed by atoms with E-state index in [0.717, 1.165) is 18.5 Å². The summed E-state index contributed by atoms with van der Waals surface area (Å²) in [7, 11) is 0. The van der Waals surface area contributed by atoms with E-state index in [1.807, 2.05) is 27.8 Å². The van der Waals surface area contributed by atoms with Gasteiger partial charge in [-0.3, -0.25) is 4.79 Å². The van der Waals surface area contributed by atoms with Crippen LogP contribution in [0.2, 0.25) is 10.0 Å².